The Kier molecular flexibility index (Phi) is 3.55. The molecule has 24 heavy (non-hydrogen) atoms. The fourth-order valence-electron chi connectivity index (χ4n) is 2.53. The average Bonchev–Trinajstić information content (AvgIpc) is 3.05. The van der Waals surface area contributed by atoms with Crippen LogP contribution in [0.15, 0.2) is 61.1 Å². The van der Waals surface area contributed by atoms with Crippen molar-refractivity contribution in [3.05, 3.63) is 61.1 Å². The van der Waals surface area contributed by atoms with Crippen molar-refractivity contribution in [2.24, 2.45) is 0 Å². The summed E-state index contributed by atoms with van der Waals surface area (Å²) in [6.07, 6.45) is 5.00. The van der Waals surface area contributed by atoms with Crippen molar-refractivity contribution in [2.75, 3.05) is 7.11 Å². The first-order valence-corrected chi connectivity index (χ1v) is 7.40. The molecule has 0 bridgehead atoms. The summed E-state index contributed by atoms with van der Waals surface area (Å²) in [6.45, 7) is 0. The van der Waals surface area contributed by atoms with Gasteiger partial charge < -0.3 is 9.47 Å². The van der Waals surface area contributed by atoms with Gasteiger partial charge in [-0.1, -0.05) is 12.1 Å². The number of H-pyrrole nitrogens is 1. The Morgan fingerprint density at radius 1 is 1.00 bits per heavy atom. The van der Waals surface area contributed by atoms with Gasteiger partial charge in [0.1, 0.15) is 22.9 Å². The van der Waals surface area contributed by atoms with E-state index < -0.39 is 0 Å². The third-order valence-electron chi connectivity index (χ3n) is 3.62. The number of nitrogens with one attached hydrogen (secondary N) is 1. The number of hydrogen-bond donors (Lipinski definition) is 1. The number of benzene rings is 1. The Bertz CT molecular complexity index is 983. The molecule has 118 valence electrons. The Morgan fingerprint density at radius 3 is 2.75 bits per heavy atom. The normalized spacial score (nSPS) is 10.7. The van der Waals surface area contributed by atoms with Gasteiger partial charge in [0.25, 0.3) is 0 Å². The maximum Gasteiger partial charge on any atom is 0.156 e. The third kappa shape index (κ3) is 2.54. The summed E-state index contributed by atoms with van der Waals surface area (Å²) >= 11 is 0. The van der Waals surface area contributed by atoms with Crippen LogP contribution in [-0.4, -0.2) is 27.3 Å². The summed E-state index contributed by atoms with van der Waals surface area (Å²) in [5.41, 5.74) is 2.35. The van der Waals surface area contributed by atoms with Gasteiger partial charge in [0.2, 0.25) is 0 Å². The third-order valence-corrected chi connectivity index (χ3v) is 3.62. The molecule has 1 N–H and O–H groups in total. The van der Waals surface area contributed by atoms with Gasteiger partial charge in [-0.3, -0.25) is 10.1 Å². The van der Waals surface area contributed by atoms with E-state index in [0.717, 1.165) is 22.4 Å². The number of nitrogens with zero attached hydrogens (tertiary/aromatic N) is 3. The van der Waals surface area contributed by atoms with E-state index in [0.29, 0.717) is 17.1 Å². The monoisotopic (exact) mass is 318 g/mol. The van der Waals surface area contributed by atoms with Crippen molar-refractivity contribution < 1.29 is 9.47 Å². The highest BCUT2D eigenvalue weighted by atomic mass is 16.5. The van der Waals surface area contributed by atoms with E-state index in [-0.39, 0.29) is 0 Å². The van der Waals surface area contributed by atoms with Crippen molar-refractivity contribution in [1.29, 1.82) is 0 Å². The largest absolute Gasteiger partial charge is 0.496 e. The van der Waals surface area contributed by atoms with E-state index in [1.54, 1.807) is 25.7 Å². The summed E-state index contributed by atoms with van der Waals surface area (Å²) in [5.74, 6) is 2.03. The molecule has 0 atom stereocenters. The van der Waals surface area contributed by atoms with E-state index in [4.69, 9.17) is 9.47 Å². The second-order valence-corrected chi connectivity index (χ2v) is 5.13. The Balaban J connectivity index is 1.79. The molecule has 0 amide bonds. The molecule has 0 saturated carbocycles. The Labute approximate surface area is 138 Å². The number of fused-ring (bicyclic) bond motifs is 1. The number of para-hydroxylation sites is 1. The van der Waals surface area contributed by atoms with Crippen LogP contribution in [0.5, 0.6) is 17.2 Å². The highest BCUT2D eigenvalue weighted by molar-refractivity contribution is 5.93. The van der Waals surface area contributed by atoms with Crippen LogP contribution in [0.1, 0.15) is 0 Å². The summed E-state index contributed by atoms with van der Waals surface area (Å²) in [6, 6.07) is 13.3. The Morgan fingerprint density at radius 2 is 1.92 bits per heavy atom. The molecule has 4 rings (SSSR count). The molecular formula is C18H14N4O2. The minimum absolute atomic E-state index is 0.619. The predicted molar refractivity (Wildman–Crippen MR) is 90.2 cm³/mol. The van der Waals surface area contributed by atoms with E-state index >= 15 is 0 Å². The zero-order valence-electron chi connectivity index (χ0n) is 12.9. The molecular weight excluding hydrogens is 304 g/mol. The van der Waals surface area contributed by atoms with Gasteiger partial charge in [0.05, 0.1) is 24.9 Å². The molecule has 0 saturated heterocycles. The highest BCUT2D eigenvalue weighted by Crippen LogP contribution is 2.34. The molecule has 6 nitrogen and oxygen atoms in total. The standard InChI is InChI=1S/C18H14N4O2/c1-23-16-7-3-2-6-14(16)17-15-9-13(11-20-18(15)22-21-17)24-12-5-4-8-19-10-12/h2-11H,1H3,(H,20,21,22). The van der Waals surface area contributed by atoms with E-state index in [1.807, 2.05) is 42.5 Å². The maximum atomic E-state index is 5.81. The molecule has 0 radical (unpaired) electrons. The van der Waals surface area contributed by atoms with Crippen LogP contribution in [0, 0.1) is 0 Å². The number of aromatic nitrogens is 4. The lowest BCUT2D eigenvalue weighted by molar-refractivity contribution is 0.416. The minimum Gasteiger partial charge on any atom is -0.496 e. The lowest BCUT2D eigenvalue weighted by atomic mass is 10.1. The van der Waals surface area contributed by atoms with Gasteiger partial charge in [-0.05, 0) is 30.3 Å². The van der Waals surface area contributed by atoms with Gasteiger partial charge in [-0.25, -0.2) is 4.98 Å². The van der Waals surface area contributed by atoms with Crippen LogP contribution >= 0.6 is 0 Å². The number of pyridine rings is 2. The maximum absolute atomic E-state index is 5.81. The lowest BCUT2D eigenvalue weighted by Gasteiger charge is -2.07. The molecule has 4 aromatic rings. The molecule has 0 aliphatic carbocycles. The number of methoxy groups -OCH3 is 1. The van der Waals surface area contributed by atoms with Gasteiger partial charge >= 0.3 is 0 Å². The predicted octanol–water partition coefficient (Wildman–Crippen LogP) is 3.82. The van der Waals surface area contributed by atoms with Gasteiger partial charge in [0.15, 0.2) is 5.65 Å². The van der Waals surface area contributed by atoms with Crippen molar-refractivity contribution >= 4 is 11.0 Å². The van der Waals surface area contributed by atoms with Crippen molar-refractivity contribution in [3.8, 4) is 28.5 Å². The van der Waals surface area contributed by atoms with Crippen LogP contribution in [0.25, 0.3) is 22.3 Å². The molecule has 0 aliphatic heterocycles. The van der Waals surface area contributed by atoms with Crippen LogP contribution < -0.4 is 9.47 Å². The van der Waals surface area contributed by atoms with Crippen LogP contribution in [0.4, 0.5) is 0 Å². The molecule has 0 fully saturated rings. The van der Waals surface area contributed by atoms with Gasteiger partial charge in [0, 0.05) is 11.8 Å². The SMILES string of the molecule is COc1ccccc1-c1n[nH]c2ncc(Oc3cccnc3)cc12. The molecule has 0 spiro atoms. The first kappa shape index (κ1) is 14.2. The fraction of sp³-hybridized carbons (Fsp3) is 0.0556. The summed E-state index contributed by atoms with van der Waals surface area (Å²) in [7, 11) is 1.64. The van der Waals surface area contributed by atoms with Crippen molar-refractivity contribution in [3.63, 3.8) is 0 Å². The smallest absolute Gasteiger partial charge is 0.156 e. The van der Waals surface area contributed by atoms with E-state index in [2.05, 4.69) is 20.2 Å². The van der Waals surface area contributed by atoms with Crippen LogP contribution in [-0.2, 0) is 0 Å². The zero-order valence-corrected chi connectivity index (χ0v) is 12.9. The molecule has 1 aromatic carbocycles. The van der Waals surface area contributed by atoms with Gasteiger partial charge in [-0.2, -0.15) is 5.10 Å². The number of hydrogen-bond acceptors (Lipinski definition) is 5. The van der Waals surface area contributed by atoms with Crippen LogP contribution in [0.2, 0.25) is 0 Å². The first-order chi connectivity index (χ1) is 11.8. The van der Waals surface area contributed by atoms with Crippen molar-refractivity contribution in [2.45, 2.75) is 0 Å². The quantitative estimate of drug-likeness (QED) is 0.619. The van der Waals surface area contributed by atoms with Crippen LogP contribution in [0.3, 0.4) is 0 Å². The fourth-order valence-corrected chi connectivity index (χ4v) is 2.53. The number of aromatic amines is 1. The number of ether oxygens (including phenoxy) is 2. The minimum atomic E-state index is 0.619. The second kappa shape index (κ2) is 6.00. The van der Waals surface area contributed by atoms with E-state index in [9.17, 15) is 0 Å². The average molecular weight is 318 g/mol. The van der Waals surface area contributed by atoms with Crippen molar-refractivity contribution in [1.82, 2.24) is 20.2 Å². The molecule has 3 heterocycles. The summed E-state index contributed by atoms with van der Waals surface area (Å²) in [5, 5.41) is 8.19. The Hall–Kier alpha value is -3.41. The lowest BCUT2D eigenvalue weighted by Crippen LogP contribution is -1.89. The second-order valence-electron chi connectivity index (χ2n) is 5.13. The van der Waals surface area contributed by atoms with E-state index in [1.165, 1.54) is 0 Å². The zero-order chi connectivity index (χ0) is 16.4. The number of rotatable bonds is 4. The van der Waals surface area contributed by atoms with Gasteiger partial charge in [-0.15, -0.1) is 0 Å². The summed E-state index contributed by atoms with van der Waals surface area (Å²) in [4.78, 5) is 8.42. The molecule has 0 aliphatic rings. The molecule has 3 aromatic heterocycles. The first-order valence-electron chi connectivity index (χ1n) is 7.40. The summed E-state index contributed by atoms with van der Waals surface area (Å²) < 4.78 is 11.2. The molecule has 0 unspecified atom stereocenters. The highest BCUT2D eigenvalue weighted by Gasteiger charge is 2.14. The topological polar surface area (TPSA) is 72.9 Å². The molecule has 6 heteroatoms.